The molecule has 8 heteroatoms. The Kier molecular flexibility index (Phi) is 5.46. The normalized spacial score (nSPS) is 14.0. The first-order valence-corrected chi connectivity index (χ1v) is 7.22. The highest BCUT2D eigenvalue weighted by molar-refractivity contribution is 5.94. The van der Waals surface area contributed by atoms with Gasteiger partial charge in [0.25, 0.3) is 0 Å². The third-order valence-corrected chi connectivity index (χ3v) is 3.28. The lowest BCUT2D eigenvalue weighted by atomic mass is 10.0. The Hall–Kier alpha value is -2.25. The smallest absolute Gasteiger partial charge is 0.405 e. The van der Waals surface area contributed by atoms with E-state index < -0.39 is 18.6 Å². The lowest BCUT2D eigenvalue weighted by Gasteiger charge is -2.17. The van der Waals surface area contributed by atoms with E-state index >= 15 is 0 Å². The summed E-state index contributed by atoms with van der Waals surface area (Å²) in [6, 6.07) is 5.27. The van der Waals surface area contributed by atoms with E-state index in [4.69, 9.17) is 4.74 Å². The number of anilines is 1. The summed E-state index contributed by atoms with van der Waals surface area (Å²) in [4.78, 5) is 22.5. The van der Waals surface area contributed by atoms with Gasteiger partial charge in [0.15, 0.2) is 0 Å². The molecule has 1 aliphatic heterocycles. The zero-order chi connectivity index (χ0) is 16.9. The SMILES string of the molecule is O=C(CCCOc1ccc2c(c1)CCC(=O)N2)NCC(F)(F)F. The number of alkyl halides is 3. The van der Waals surface area contributed by atoms with Gasteiger partial charge < -0.3 is 15.4 Å². The lowest BCUT2D eigenvalue weighted by molar-refractivity contribution is -0.138. The van der Waals surface area contributed by atoms with Gasteiger partial charge in [0.1, 0.15) is 12.3 Å². The molecule has 0 saturated heterocycles. The van der Waals surface area contributed by atoms with Gasteiger partial charge in [0.05, 0.1) is 6.61 Å². The molecule has 126 valence electrons. The predicted molar refractivity (Wildman–Crippen MR) is 77.2 cm³/mol. The molecular formula is C15H17F3N2O3. The van der Waals surface area contributed by atoms with E-state index in [1.807, 2.05) is 6.07 Å². The molecule has 0 fully saturated rings. The van der Waals surface area contributed by atoms with Gasteiger partial charge in [-0.3, -0.25) is 9.59 Å². The van der Waals surface area contributed by atoms with Gasteiger partial charge in [-0.1, -0.05) is 0 Å². The minimum atomic E-state index is -4.40. The Bertz CT molecular complexity index is 588. The maximum absolute atomic E-state index is 11.9. The summed E-state index contributed by atoms with van der Waals surface area (Å²) >= 11 is 0. The Labute approximate surface area is 131 Å². The minimum Gasteiger partial charge on any atom is -0.494 e. The third-order valence-electron chi connectivity index (χ3n) is 3.28. The van der Waals surface area contributed by atoms with Gasteiger partial charge in [0.2, 0.25) is 11.8 Å². The van der Waals surface area contributed by atoms with Crippen LogP contribution in [0.4, 0.5) is 18.9 Å². The molecule has 2 N–H and O–H groups in total. The van der Waals surface area contributed by atoms with Crippen LogP contribution in [0.25, 0.3) is 0 Å². The molecule has 0 unspecified atom stereocenters. The Morgan fingerprint density at radius 3 is 2.83 bits per heavy atom. The van der Waals surface area contributed by atoms with Crippen molar-refractivity contribution >= 4 is 17.5 Å². The van der Waals surface area contributed by atoms with E-state index in [9.17, 15) is 22.8 Å². The summed E-state index contributed by atoms with van der Waals surface area (Å²) in [5, 5.41) is 4.56. The first-order chi connectivity index (χ1) is 10.8. The first kappa shape index (κ1) is 17.1. The molecule has 0 aliphatic carbocycles. The number of halogens is 3. The van der Waals surface area contributed by atoms with E-state index in [1.54, 1.807) is 17.4 Å². The molecule has 5 nitrogen and oxygen atoms in total. The summed E-state index contributed by atoms with van der Waals surface area (Å²) in [6.45, 7) is -1.09. The highest BCUT2D eigenvalue weighted by atomic mass is 19.4. The predicted octanol–water partition coefficient (Wildman–Crippen LogP) is 2.41. The van der Waals surface area contributed by atoms with Gasteiger partial charge in [-0.25, -0.2) is 0 Å². The van der Waals surface area contributed by atoms with Gasteiger partial charge >= 0.3 is 6.18 Å². The lowest BCUT2D eigenvalue weighted by Crippen LogP contribution is -2.33. The van der Waals surface area contributed by atoms with Gasteiger partial charge in [-0.15, -0.1) is 0 Å². The summed E-state index contributed by atoms with van der Waals surface area (Å²) in [7, 11) is 0. The van der Waals surface area contributed by atoms with Crippen LogP contribution in [0.1, 0.15) is 24.8 Å². The number of carbonyl (C=O) groups excluding carboxylic acids is 2. The van der Waals surface area contributed by atoms with E-state index in [0.29, 0.717) is 25.0 Å². The molecule has 2 rings (SSSR count). The Morgan fingerprint density at radius 1 is 1.30 bits per heavy atom. The fourth-order valence-electron chi connectivity index (χ4n) is 2.16. The maximum Gasteiger partial charge on any atom is 0.405 e. The van der Waals surface area contributed by atoms with Crippen LogP contribution in [0.3, 0.4) is 0 Å². The van der Waals surface area contributed by atoms with Crippen molar-refractivity contribution in [3.8, 4) is 5.75 Å². The number of fused-ring (bicyclic) bond motifs is 1. The standard InChI is InChI=1S/C15H17F3N2O3/c16-15(17,18)9-19-13(21)2-1-7-23-11-4-5-12-10(8-11)3-6-14(22)20-12/h4-5,8H,1-3,6-7,9H2,(H,19,21)(H,20,22). The van der Waals surface area contributed by atoms with Crippen LogP contribution < -0.4 is 15.4 Å². The van der Waals surface area contributed by atoms with Gasteiger partial charge in [-0.05, 0) is 36.6 Å². The van der Waals surface area contributed by atoms with Crippen LogP contribution in [-0.4, -0.2) is 31.1 Å². The van der Waals surface area contributed by atoms with Crippen LogP contribution in [0, 0.1) is 0 Å². The average molecular weight is 330 g/mol. The zero-order valence-electron chi connectivity index (χ0n) is 12.3. The number of nitrogens with one attached hydrogen (secondary N) is 2. The molecule has 1 heterocycles. The van der Waals surface area contributed by atoms with E-state index in [2.05, 4.69) is 5.32 Å². The highest BCUT2D eigenvalue weighted by Crippen LogP contribution is 2.26. The van der Waals surface area contributed by atoms with Crippen LogP contribution in [0.2, 0.25) is 0 Å². The van der Waals surface area contributed by atoms with E-state index in [-0.39, 0.29) is 18.9 Å². The van der Waals surface area contributed by atoms with E-state index in [0.717, 1.165) is 11.3 Å². The molecular weight excluding hydrogens is 313 g/mol. The summed E-state index contributed by atoms with van der Waals surface area (Å²) in [6.07, 6.45) is -3.05. The molecule has 2 amide bonds. The summed E-state index contributed by atoms with van der Waals surface area (Å²) < 4.78 is 41.2. The molecule has 23 heavy (non-hydrogen) atoms. The molecule has 0 saturated carbocycles. The van der Waals surface area contributed by atoms with E-state index in [1.165, 1.54) is 0 Å². The number of aryl methyl sites for hydroxylation is 1. The largest absolute Gasteiger partial charge is 0.494 e. The fourth-order valence-corrected chi connectivity index (χ4v) is 2.16. The average Bonchev–Trinajstić information content (AvgIpc) is 2.49. The molecule has 1 aliphatic rings. The molecule has 0 radical (unpaired) electrons. The minimum absolute atomic E-state index is 0.0176. The number of carbonyl (C=O) groups is 2. The number of hydrogen-bond acceptors (Lipinski definition) is 3. The molecule has 1 aromatic rings. The molecule has 0 spiro atoms. The van der Waals surface area contributed by atoms with Crippen LogP contribution in [-0.2, 0) is 16.0 Å². The number of benzene rings is 1. The number of hydrogen-bond donors (Lipinski definition) is 2. The fraction of sp³-hybridized carbons (Fsp3) is 0.467. The van der Waals surface area contributed by atoms with Crippen molar-refractivity contribution in [3.63, 3.8) is 0 Å². The summed E-state index contributed by atoms with van der Waals surface area (Å²) in [5.41, 5.74) is 1.74. The second-order valence-corrected chi connectivity index (χ2v) is 5.21. The zero-order valence-corrected chi connectivity index (χ0v) is 12.3. The topological polar surface area (TPSA) is 67.4 Å². The first-order valence-electron chi connectivity index (χ1n) is 7.22. The Morgan fingerprint density at radius 2 is 2.09 bits per heavy atom. The second kappa shape index (κ2) is 7.34. The number of ether oxygens (including phenoxy) is 1. The van der Waals surface area contributed by atoms with Crippen LogP contribution in [0.5, 0.6) is 5.75 Å². The van der Waals surface area contributed by atoms with Gasteiger partial charge in [0, 0.05) is 18.5 Å². The van der Waals surface area contributed by atoms with Crippen LogP contribution >= 0.6 is 0 Å². The second-order valence-electron chi connectivity index (χ2n) is 5.21. The molecule has 0 atom stereocenters. The van der Waals surface area contributed by atoms with Crippen molar-refractivity contribution in [3.05, 3.63) is 23.8 Å². The molecule has 0 bridgehead atoms. The third kappa shape index (κ3) is 5.80. The summed E-state index contributed by atoms with van der Waals surface area (Å²) in [5.74, 6) is -0.0642. The van der Waals surface area contributed by atoms with Crippen molar-refractivity contribution in [2.24, 2.45) is 0 Å². The molecule has 1 aromatic carbocycles. The van der Waals surface area contributed by atoms with Crippen LogP contribution in [0.15, 0.2) is 18.2 Å². The van der Waals surface area contributed by atoms with Crippen molar-refractivity contribution in [1.29, 1.82) is 0 Å². The van der Waals surface area contributed by atoms with Crippen molar-refractivity contribution in [2.75, 3.05) is 18.5 Å². The van der Waals surface area contributed by atoms with Gasteiger partial charge in [-0.2, -0.15) is 13.2 Å². The van der Waals surface area contributed by atoms with Crippen molar-refractivity contribution in [1.82, 2.24) is 5.32 Å². The monoisotopic (exact) mass is 330 g/mol. The number of amides is 2. The molecule has 0 aromatic heterocycles. The highest BCUT2D eigenvalue weighted by Gasteiger charge is 2.27. The quantitative estimate of drug-likeness (QED) is 0.787. The maximum atomic E-state index is 11.9. The Balaban J connectivity index is 1.70. The van der Waals surface area contributed by atoms with Crippen molar-refractivity contribution in [2.45, 2.75) is 31.9 Å². The van der Waals surface area contributed by atoms with Crippen molar-refractivity contribution < 1.29 is 27.5 Å². The number of rotatable bonds is 6.